The van der Waals surface area contributed by atoms with Gasteiger partial charge in [-0.05, 0) is 50.2 Å². The van der Waals surface area contributed by atoms with Crippen LogP contribution in [0.5, 0.6) is 0 Å². The van der Waals surface area contributed by atoms with Crippen molar-refractivity contribution in [2.45, 2.75) is 63.6 Å². The van der Waals surface area contributed by atoms with Gasteiger partial charge in [0.05, 0.1) is 0 Å². The van der Waals surface area contributed by atoms with Gasteiger partial charge in [0.2, 0.25) is 5.91 Å². The predicted octanol–water partition coefficient (Wildman–Crippen LogP) is 2.13. The standard InChI is InChI=1S/C20H30N4O2.ClH/c1-5-17(25)20(23-18(26)6-2)8-7-16-14(11-20)13-9-12(24(3)4)10-15(21)19(13)22-16;/h7-8,12,15,22H,5-6,9-11,21H2,1-4H3,(H,23,26);1H. The van der Waals surface area contributed by atoms with E-state index in [1.165, 1.54) is 5.56 Å². The number of ketones is 1. The van der Waals surface area contributed by atoms with Gasteiger partial charge in [-0.3, -0.25) is 9.59 Å². The van der Waals surface area contributed by atoms with E-state index in [0.717, 1.165) is 29.8 Å². The molecule has 3 rings (SSSR count). The number of aromatic amines is 1. The number of rotatable bonds is 5. The first-order valence-electron chi connectivity index (χ1n) is 9.50. The van der Waals surface area contributed by atoms with E-state index in [4.69, 9.17) is 5.73 Å². The lowest BCUT2D eigenvalue weighted by atomic mass is 9.77. The number of hydrogen-bond donors (Lipinski definition) is 3. The van der Waals surface area contributed by atoms with Gasteiger partial charge < -0.3 is 20.9 Å². The normalized spacial score (nSPS) is 26.1. The van der Waals surface area contributed by atoms with Crippen LogP contribution in [0.15, 0.2) is 6.08 Å². The molecule has 3 atom stereocenters. The van der Waals surface area contributed by atoms with Crippen molar-refractivity contribution in [1.82, 2.24) is 15.2 Å². The zero-order valence-electron chi connectivity index (χ0n) is 16.6. The van der Waals surface area contributed by atoms with E-state index in [-0.39, 0.29) is 30.1 Å². The molecule has 0 saturated heterocycles. The SMILES string of the molecule is CCC(=O)NC1(C(=O)CC)C=Cc2[nH]c3c(c2C1)CC(N(C)C)CC3N.Cl. The van der Waals surface area contributed by atoms with Crippen LogP contribution in [0.3, 0.4) is 0 Å². The second-order valence-corrected chi connectivity index (χ2v) is 7.73. The Hall–Kier alpha value is -1.63. The Morgan fingerprint density at radius 3 is 2.59 bits per heavy atom. The lowest BCUT2D eigenvalue weighted by Crippen LogP contribution is -2.55. The van der Waals surface area contributed by atoms with Crippen LogP contribution >= 0.6 is 12.4 Å². The average molecular weight is 395 g/mol. The summed E-state index contributed by atoms with van der Waals surface area (Å²) in [4.78, 5) is 30.6. The van der Waals surface area contributed by atoms with Gasteiger partial charge in [0.25, 0.3) is 0 Å². The number of nitrogens with two attached hydrogens (primary N) is 1. The number of carbonyl (C=O) groups is 2. The molecule has 1 amide bonds. The highest BCUT2D eigenvalue weighted by molar-refractivity contribution is 5.96. The molecule has 0 aliphatic heterocycles. The number of fused-ring (bicyclic) bond motifs is 3. The molecule has 6 nitrogen and oxygen atoms in total. The number of likely N-dealkylation sites (N-methyl/N-ethyl adjacent to an activating group) is 1. The first kappa shape index (κ1) is 21.7. The molecule has 0 aromatic carbocycles. The Bertz CT molecular complexity index is 755. The summed E-state index contributed by atoms with van der Waals surface area (Å²) < 4.78 is 0. The molecule has 27 heavy (non-hydrogen) atoms. The number of Topliss-reactive ketones (excluding diaryl/α,β-unsaturated/α-hetero) is 1. The molecule has 1 aromatic rings. The molecule has 7 heteroatoms. The fourth-order valence-corrected chi connectivity index (χ4v) is 4.20. The van der Waals surface area contributed by atoms with Gasteiger partial charge in [-0.2, -0.15) is 0 Å². The number of halogens is 1. The van der Waals surface area contributed by atoms with E-state index in [1.54, 1.807) is 6.92 Å². The molecule has 2 aliphatic carbocycles. The van der Waals surface area contributed by atoms with Crippen LogP contribution in [0.1, 0.15) is 61.7 Å². The number of aromatic nitrogens is 1. The lowest BCUT2D eigenvalue weighted by Gasteiger charge is -2.35. The third kappa shape index (κ3) is 3.84. The second-order valence-electron chi connectivity index (χ2n) is 7.73. The molecule has 0 spiro atoms. The Kier molecular flexibility index (Phi) is 6.55. The first-order valence-corrected chi connectivity index (χ1v) is 9.50. The van der Waals surface area contributed by atoms with Crippen LogP contribution in [0, 0.1) is 0 Å². The number of H-pyrrole nitrogens is 1. The quantitative estimate of drug-likeness (QED) is 0.713. The van der Waals surface area contributed by atoms with Crippen LogP contribution in [0.25, 0.3) is 6.08 Å². The molecule has 4 N–H and O–H groups in total. The Labute approximate surface area is 167 Å². The molecule has 0 bridgehead atoms. The summed E-state index contributed by atoms with van der Waals surface area (Å²) in [6, 6.07) is 0.344. The summed E-state index contributed by atoms with van der Waals surface area (Å²) in [5.41, 5.74) is 9.94. The maximum absolute atomic E-state index is 12.8. The molecule has 0 saturated carbocycles. The minimum absolute atomic E-state index is 0. The average Bonchev–Trinajstić information content (AvgIpc) is 2.99. The third-order valence-electron chi connectivity index (χ3n) is 5.84. The Morgan fingerprint density at radius 2 is 2.00 bits per heavy atom. The van der Waals surface area contributed by atoms with Crippen LogP contribution in [0.4, 0.5) is 0 Å². The highest BCUT2D eigenvalue weighted by Crippen LogP contribution is 2.38. The minimum atomic E-state index is -0.944. The van der Waals surface area contributed by atoms with E-state index in [9.17, 15) is 9.59 Å². The van der Waals surface area contributed by atoms with Crippen LogP contribution in [0.2, 0.25) is 0 Å². The number of nitrogens with one attached hydrogen (secondary N) is 2. The monoisotopic (exact) mass is 394 g/mol. The van der Waals surface area contributed by atoms with Crippen LogP contribution in [-0.4, -0.2) is 47.3 Å². The maximum atomic E-state index is 12.8. The van der Waals surface area contributed by atoms with E-state index in [0.29, 0.717) is 25.3 Å². The molecule has 3 unspecified atom stereocenters. The Morgan fingerprint density at radius 1 is 1.30 bits per heavy atom. The van der Waals surface area contributed by atoms with Crippen LogP contribution in [-0.2, 0) is 22.4 Å². The summed E-state index contributed by atoms with van der Waals surface area (Å²) in [5, 5.41) is 2.98. The third-order valence-corrected chi connectivity index (χ3v) is 5.84. The summed E-state index contributed by atoms with van der Waals surface area (Å²) >= 11 is 0. The van der Waals surface area contributed by atoms with Gasteiger partial charge in [0.1, 0.15) is 5.54 Å². The van der Waals surface area contributed by atoms with Crippen molar-refractivity contribution in [3.8, 4) is 0 Å². The predicted molar refractivity (Wildman–Crippen MR) is 110 cm³/mol. The zero-order valence-corrected chi connectivity index (χ0v) is 17.4. The van der Waals surface area contributed by atoms with Crippen LogP contribution < -0.4 is 11.1 Å². The van der Waals surface area contributed by atoms with Gasteiger partial charge >= 0.3 is 0 Å². The lowest BCUT2D eigenvalue weighted by molar-refractivity contribution is -0.130. The van der Waals surface area contributed by atoms with Gasteiger partial charge in [-0.15, -0.1) is 12.4 Å². The second kappa shape index (κ2) is 8.17. The number of nitrogens with zero attached hydrogens (tertiary/aromatic N) is 1. The minimum Gasteiger partial charge on any atom is -0.357 e. The van der Waals surface area contributed by atoms with E-state index in [2.05, 4.69) is 29.3 Å². The molecule has 1 heterocycles. The van der Waals surface area contributed by atoms with Gasteiger partial charge in [0.15, 0.2) is 5.78 Å². The van der Waals surface area contributed by atoms with Crippen molar-refractivity contribution in [2.24, 2.45) is 5.73 Å². The summed E-state index contributed by atoms with van der Waals surface area (Å²) in [6.45, 7) is 3.65. The van der Waals surface area contributed by atoms with Crippen molar-refractivity contribution in [1.29, 1.82) is 0 Å². The van der Waals surface area contributed by atoms with E-state index < -0.39 is 5.54 Å². The molecule has 150 valence electrons. The van der Waals surface area contributed by atoms with E-state index >= 15 is 0 Å². The molecular formula is C20H31ClN4O2. The van der Waals surface area contributed by atoms with Crippen molar-refractivity contribution in [3.63, 3.8) is 0 Å². The fourth-order valence-electron chi connectivity index (χ4n) is 4.20. The number of carbonyl (C=O) groups excluding carboxylic acids is 2. The smallest absolute Gasteiger partial charge is 0.220 e. The molecule has 2 aliphatic rings. The molecule has 1 aromatic heterocycles. The first-order chi connectivity index (χ1) is 12.3. The highest BCUT2D eigenvalue weighted by atomic mass is 35.5. The van der Waals surface area contributed by atoms with Gasteiger partial charge in [-0.25, -0.2) is 0 Å². The topological polar surface area (TPSA) is 91.2 Å². The Balaban J connectivity index is 0.00000261. The highest BCUT2D eigenvalue weighted by Gasteiger charge is 2.41. The number of hydrogen-bond acceptors (Lipinski definition) is 4. The summed E-state index contributed by atoms with van der Waals surface area (Å²) in [6.07, 6.45) is 6.86. The largest absolute Gasteiger partial charge is 0.357 e. The molecule has 0 radical (unpaired) electrons. The van der Waals surface area contributed by atoms with Crippen molar-refractivity contribution < 1.29 is 9.59 Å². The van der Waals surface area contributed by atoms with Gasteiger partial charge in [-0.1, -0.05) is 13.8 Å². The van der Waals surface area contributed by atoms with Crippen molar-refractivity contribution in [2.75, 3.05) is 14.1 Å². The molecule has 0 fully saturated rings. The summed E-state index contributed by atoms with van der Waals surface area (Å²) in [5.74, 6) is -0.0624. The van der Waals surface area contributed by atoms with E-state index in [1.807, 2.05) is 19.1 Å². The van der Waals surface area contributed by atoms with Crippen molar-refractivity contribution >= 4 is 30.2 Å². The van der Waals surface area contributed by atoms with Crippen molar-refractivity contribution in [3.05, 3.63) is 28.6 Å². The number of amides is 1. The zero-order chi connectivity index (χ0) is 19.1. The molecular weight excluding hydrogens is 364 g/mol. The maximum Gasteiger partial charge on any atom is 0.220 e. The summed E-state index contributed by atoms with van der Waals surface area (Å²) in [7, 11) is 4.15. The van der Waals surface area contributed by atoms with Gasteiger partial charge in [0, 0.05) is 42.7 Å². The fraction of sp³-hybridized carbons (Fsp3) is 0.600.